The van der Waals surface area contributed by atoms with Gasteiger partial charge in [-0.25, -0.2) is 14.8 Å². The molecule has 3 aromatic heterocycles. The van der Waals surface area contributed by atoms with Crippen molar-refractivity contribution in [1.82, 2.24) is 24.8 Å². The molecule has 3 atom stereocenters. The van der Waals surface area contributed by atoms with Crippen molar-refractivity contribution < 1.29 is 28.5 Å². The second-order valence-corrected chi connectivity index (χ2v) is 11.4. The van der Waals surface area contributed by atoms with E-state index in [-0.39, 0.29) is 36.3 Å². The standard InChI is InChI=1S/C32H33N7O7/c1-43-21-6-3-19(4-7-21)17-38-29(41)18-45-24-10-11-26(35-31(24)38)39-23-9-5-20(15-25(23)46-32(39)42)33-13-14-37-28(40)16-34-22-8-12-27(44-2)36-30(22)37/h3-4,6-8,10-12,16,20,23,25,33H,5,9,13-15,17-18H2,1-2H3/t20-,23-,25+/m0/s1. The number of amides is 2. The lowest BCUT2D eigenvalue weighted by molar-refractivity contribution is -0.121. The number of aromatic nitrogens is 4. The molecule has 2 fully saturated rings. The summed E-state index contributed by atoms with van der Waals surface area (Å²) in [5.74, 6) is 2.16. The van der Waals surface area contributed by atoms with Gasteiger partial charge in [0.25, 0.3) is 11.5 Å². The van der Waals surface area contributed by atoms with Crippen molar-refractivity contribution in [3.63, 3.8) is 0 Å². The first-order valence-corrected chi connectivity index (χ1v) is 15.1. The number of benzene rings is 1. The summed E-state index contributed by atoms with van der Waals surface area (Å²) in [5, 5.41) is 3.52. The number of anilines is 2. The Morgan fingerprint density at radius 1 is 0.978 bits per heavy atom. The highest BCUT2D eigenvalue weighted by Crippen LogP contribution is 2.39. The fourth-order valence-corrected chi connectivity index (χ4v) is 6.32. The number of ether oxygens (including phenoxy) is 4. The van der Waals surface area contributed by atoms with Gasteiger partial charge in [-0.15, -0.1) is 0 Å². The number of rotatable bonds is 9. The quantitative estimate of drug-likeness (QED) is 0.292. The number of carbonyl (C=O) groups excluding carboxylic acids is 2. The number of fused-ring (bicyclic) bond motifs is 3. The zero-order chi connectivity index (χ0) is 31.8. The smallest absolute Gasteiger partial charge is 0.416 e. The molecule has 14 heteroatoms. The SMILES string of the molecule is COc1ccc(CN2C(=O)COc3ccc(N4C(=O)O[C@@H]5C[C@@H](NCCn6c(=O)cnc7ccc(OC)nc76)CC[C@@H]54)nc32)cc1. The van der Waals surface area contributed by atoms with Crippen LogP contribution in [0.3, 0.4) is 0 Å². The van der Waals surface area contributed by atoms with Crippen molar-refractivity contribution in [2.45, 2.75) is 50.5 Å². The van der Waals surface area contributed by atoms with Crippen molar-refractivity contribution >= 4 is 34.8 Å². The minimum atomic E-state index is -0.470. The van der Waals surface area contributed by atoms with E-state index in [1.165, 1.54) is 13.3 Å². The van der Waals surface area contributed by atoms with Gasteiger partial charge in [0.2, 0.25) is 5.88 Å². The third kappa shape index (κ3) is 5.55. The Bertz CT molecular complexity index is 1850. The molecule has 1 aromatic carbocycles. The summed E-state index contributed by atoms with van der Waals surface area (Å²) in [5.41, 5.74) is 1.73. The van der Waals surface area contributed by atoms with E-state index in [0.29, 0.717) is 66.9 Å². The molecule has 2 aliphatic heterocycles. The highest BCUT2D eigenvalue weighted by atomic mass is 16.6. The van der Waals surface area contributed by atoms with E-state index in [0.717, 1.165) is 17.7 Å². The van der Waals surface area contributed by atoms with Gasteiger partial charge in [-0.3, -0.25) is 24.0 Å². The zero-order valence-electron chi connectivity index (χ0n) is 25.4. The van der Waals surface area contributed by atoms with E-state index in [4.69, 9.17) is 23.9 Å². The molecule has 46 heavy (non-hydrogen) atoms. The first-order chi connectivity index (χ1) is 22.4. The highest BCUT2D eigenvalue weighted by Gasteiger charge is 2.47. The normalized spacial score (nSPS) is 20.6. The molecule has 5 heterocycles. The molecule has 0 unspecified atom stereocenters. The molecule has 0 bridgehead atoms. The van der Waals surface area contributed by atoms with Gasteiger partial charge in [-0.1, -0.05) is 12.1 Å². The Balaban J connectivity index is 1.03. The molecule has 2 amide bonds. The first kappa shape index (κ1) is 29.5. The molecule has 4 aromatic rings. The van der Waals surface area contributed by atoms with E-state index in [1.54, 1.807) is 45.7 Å². The molecule has 1 N–H and O–H groups in total. The average Bonchev–Trinajstić information content (AvgIpc) is 3.41. The Kier molecular flexibility index (Phi) is 7.86. The number of hydrogen-bond donors (Lipinski definition) is 1. The molecule has 238 valence electrons. The molecular weight excluding hydrogens is 594 g/mol. The lowest BCUT2D eigenvalue weighted by Crippen LogP contribution is -2.47. The number of carbonyl (C=O) groups is 2. The molecular formula is C32H33N7O7. The van der Waals surface area contributed by atoms with Gasteiger partial charge >= 0.3 is 6.09 Å². The van der Waals surface area contributed by atoms with Crippen LogP contribution in [0.15, 0.2) is 59.5 Å². The Labute approximate surface area is 263 Å². The lowest BCUT2D eigenvalue weighted by atomic mass is 9.88. The summed E-state index contributed by atoms with van der Waals surface area (Å²) < 4.78 is 23.6. The summed E-state index contributed by atoms with van der Waals surface area (Å²) in [6.45, 7) is 1.11. The fourth-order valence-electron chi connectivity index (χ4n) is 6.32. The first-order valence-electron chi connectivity index (χ1n) is 15.1. The van der Waals surface area contributed by atoms with Gasteiger partial charge in [0.1, 0.15) is 23.2 Å². The van der Waals surface area contributed by atoms with Crippen LogP contribution in [0.2, 0.25) is 0 Å². The molecule has 1 aliphatic carbocycles. The highest BCUT2D eigenvalue weighted by molar-refractivity contribution is 5.97. The summed E-state index contributed by atoms with van der Waals surface area (Å²) in [7, 11) is 3.13. The maximum Gasteiger partial charge on any atom is 0.416 e. The van der Waals surface area contributed by atoms with Gasteiger partial charge in [0, 0.05) is 31.6 Å². The molecule has 1 saturated heterocycles. The number of hydrogen-bond acceptors (Lipinski definition) is 11. The van der Waals surface area contributed by atoms with Gasteiger partial charge in [-0.05, 0) is 48.7 Å². The van der Waals surface area contributed by atoms with E-state index < -0.39 is 6.09 Å². The van der Waals surface area contributed by atoms with E-state index >= 15 is 0 Å². The average molecular weight is 628 g/mol. The molecule has 7 rings (SSSR count). The molecule has 3 aliphatic rings. The van der Waals surface area contributed by atoms with Crippen LogP contribution in [0.1, 0.15) is 24.8 Å². The third-order valence-electron chi connectivity index (χ3n) is 8.66. The van der Waals surface area contributed by atoms with Crippen molar-refractivity contribution in [3.8, 4) is 17.4 Å². The largest absolute Gasteiger partial charge is 0.497 e. The summed E-state index contributed by atoms with van der Waals surface area (Å²) in [6, 6.07) is 14.3. The molecule has 0 spiro atoms. The minimum absolute atomic E-state index is 0.0859. The topological polar surface area (TPSA) is 150 Å². The van der Waals surface area contributed by atoms with Gasteiger partial charge in [0.05, 0.1) is 33.0 Å². The monoisotopic (exact) mass is 627 g/mol. The zero-order valence-corrected chi connectivity index (χ0v) is 25.4. The van der Waals surface area contributed by atoms with Crippen molar-refractivity contribution in [2.24, 2.45) is 0 Å². The Hall–Kier alpha value is -5.24. The predicted octanol–water partition coefficient (Wildman–Crippen LogP) is 2.67. The summed E-state index contributed by atoms with van der Waals surface area (Å²) >= 11 is 0. The van der Waals surface area contributed by atoms with Crippen LogP contribution < -0.4 is 34.9 Å². The van der Waals surface area contributed by atoms with Crippen LogP contribution in [-0.2, 0) is 22.6 Å². The van der Waals surface area contributed by atoms with Gasteiger partial charge in [-0.2, -0.15) is 4.98 Å². The van der Waals surface area contributed by atoms with Crippen LogP contribution in [0, 0.1) is 0 Å². The van der Waals surface area contributed by atoms with Crippen LogP contribution in [-0.4, -0.2) is 77.1 Å². The molecule has 1 saturated carbocycles. The van der Waals surface area contributed by atoms with E-state index in [9.17, 15) is 14.4 Å². The number of nitrogens with one attached hydrogen (secondary N) is 1. The van der Waals surface area contributed by atoms with Crippen molar-refractivity contribution in [3.05, 3.63) is 70.6 Å². The summed E-state index contributed by atoms with van der Waals surface area (Å²) in [6.07, 6.45) is 2.59. The predicted molar refractivity (Wildman–Crippen MR) is 166 cm³/mol. The number of methoxy groups -OCH3 is 2. The summed E-state index contributed by atoms with van der Waals surface area (Å²) in [4.78, 5) is 55.2. The Morgan fingerprint density at radius 3 is 2.63 bits per heavy atom. The maximum atomic E-state index is 13.2. The van der Waals surface area contributed by atoms with Crippen LogP contribution in [0.4, 0.5) is 16.4 Å². The fraction of sp³-hybridized carbons (Fsp3) is 0.375. The van der Waals surface area contributed by atoms with Crippen molar-refractivity contribution in [1.29, 1.82) is 0 Å². The Morgan fingerprint density at radius 2 is 1.83 bits per heavy atom. The van der Waals surface area contributed by atoms with E-state index in [2.05, 4.69) is 15.3 Å². The maximum absolute atomic E-state index is 13.2. The van der Waals surface area contributed by atoms with Gasteiger partial charge < -0.3 is 24.3 Å². The van der Waals surface area contributed by atoms with Crippen LogP contribution in [0.5, 0.6) is 17.4 Å². The van der Waals surface area contributed by atoms with Crippen molar-refractivity contribution in [2.75, 3.05) is 37.2 Å². The van der Waals surface area contributed by atoms with Crippen LogP contribution >= 0.6 is 0 Å². The minimum Gasteiger partial charge on any atom is -0.497 e. The lowest BCUT2D eigenvalue weighted by Gasteiger charge is -2.33. The second kappa shape index (κ2) is 12.3. The molecule has 14 nitrogen and oxygen atoms in total. The molecule has 0 radical (unpaired) electrons. The van der Waals surface area contributed by atoms with E-state index in [1.807, 2.05) is 24.3 Å². The van der Waals surface area contributed by atoms with Crippen LogP contribution in [0.25, 0.3) is 11.2 Å². The van der Waals surface area contributed by atoms with Gasteiger partial charge in [0.15, 0.2) is 23.8 Å². The number of nitrogens with zero attached hydrogens (tertiary/aromatic N) is 6. The third-order valence-corrected chi connectivity index (χ3v) is 8.66. The number of pyridine rings is 2. The second-order valence-electron chi connectivity index (χ2n) is 11.4.